The van der Waals surface area contributed by atoms with E-state index < -0.39 is 17.5 Å². The van der Waals surface area contributed by atoms with Crippen LogP contribution < -0.4 is 5.32 Å². The minimum Gasteiger partial charge on any atom is -0.466 e. The third kappa shape index (κ3) is 5.49. The first-order chi connectivity index (χ1) is 11.6. The van der Waals surface area contributed by atoms with Gasteiger partial charge in [-0.3, -0.25) is 4.79 Å². The summed E-state index contributed by atoms with van der Waals surface area (Å²) in [6.07, 6.45) is 5.51. The monoisotopic (exact) mass is 333 g/mol. The highest BCUT2D eigenvalue weighted by atomic mass is 16.6. The van der Waals surface area contributed by atoms with Crippen LogP contribution in [0.5, 0.6) is 0 Å². The van der Waals surface area contributed by atoms with Crippen molar-refractivity contribution >= 4 is 17.6 Å². The predicted octanol–water partition coefficient (Wildman–Crippen LogP) is 3.71. The summed E-state index contributed by atoms with van der Waals surface area (Å²) in [6, 6.07) is 8.97. The Kier molecular flexibility index (Phi) is 8.79. The van der Waals surface area contributed by atoms with Gasteiger partial charge in [0.2, 0.25) is 5.60 Å². The molecule has 0 aliphatic heterocycles. The molecule has 1 amide bonds. The summed E-state index contributed by atoms with van der Waals surface area (Å²) < 4.78 is 10.5. The van der Waals surface area contributed by atoms with Gasteiger partial charge in [0, 0.05) is 5.69 Å². The van der Waals surface area contributed by atoms with Gasteiger partial charge in [-0.25, -0.2) is 4.79 Å². The molecule has 0 unspecified atom stereocenters. The van der Waals surface area contributed by atoms with Crippen molar-refractivity contribution in [2.45, 2.75) is 44.6 Å². The van der Waals surface area contributed by atoms with E-state index in [9.17, 15) is 9.59 Å². The van der Waals surface area contributed by atoms with Gasteiger partial charge in [0.15, 0.2) is 0 Å². The fourth-order valence-corrected chi connectivity index (χ4v) is 2.43. The van der Waals surface area contributed by atoms with E-state index in [0.29, 0.717) is 12.1 Å². The number of para-hydroxylation sites is 1. The number of ether oxygens (including phenoxy) is 2. The number of nitrogens with one attached hydrogen (secondary N) is 1. The summed E-state index contributed by atoms with van der Waals surface area (Å²) in [5.41, 5.74) is -1.06. The SMILES string of the molecule is C=CCO[C@@](CCCCCC)(C(=O)Nc1ccccc1)C(=O)OC. The Morgan fingerprint density at radius 3 is 2.50 bits per heavy atom. The Morgan fingerprint density at radius 2 is 1.92 bits per heavy atom. The van der Waals surface area contributed by atoms with E-state index in [1.165, 1.54) is 13.2 Å². The Bertz CT molecular complexity index is 529. The number of methoxy groups -OCH3 is 1. The number of rotatable bonds is 11. The van der Waals surface area contributed by atoms with Crippen molar-refractivity contribution in [3.63, 3.8) is 0 Å². The number of hydrogen-bond donors (Lipinski definition) is 1. The second-order valence-corrected chi connectivity index (χ2v) is 5.55. The van der Waals surface area contributed by atoms with Crippen LogP contribution in [0.1, 0.15) is 39.0 Å². The molecule has 1 N–H and O–H groups in total. The molecule has 0 spiro atoms. The van der Waals surface area contributed by atoms with Crippen molar-refractivity contribution in [2.75, 3.05) is 19.0 Å². The van der Waals surface area contributed by atoms with Gasteiger partial charge in [-0.2, -0.15) is 0 Å². The van der Waals surface area contributed by atoms with Gasteiger partial charge in [-0.05, 0) is 25.0 Å². The van der Waals surface area contributed by atoms with Crippen LogP contribution in [-0.4, -0.2) is 31.2 Å². The van der Waals surface area contributed by atoms with Gasteiger partial charge in [0.1, 0.15) is 0 Å². The van der Waals surface area contributed by atoms with Crippen molar-refractivity contribution in [2.24, 2.45) is 0 Å². The Hall–Kier alpha value is -2.14. The molecule has 24 heavy (non-hydrogen) atoms. The topological polar surface area (TPSA) is 64.6 Å². The molecule has 0 saturated heterocycles. The number of carbonyl (C=O) groups excluding carboxylic acids is 2. The number of carbonyl (C=O) groups is 2. The average Bonchev–Trinajstić information content (AvgIpc) is 2.61. The zero-order chi connectivity index (χ0) is 17.8. The molecule has 132 valence electrons. The van der Waals surface area contributed by atoms with Crippen LogP contribution in [0.25, 0.3) is 0 Å². The van der Waals surface area contributed by atoms with Crippen LogP contribution in [0.4, 0.5) is 5.69 Å². The highest BCUT2D eigenvalue weighted by Gasteiger charge is 2.48. The number of anilines is 1. The van der Waals surface area contributed by atoms with Gasteiger partial charge in [0.25, 0.3) is 5.91 Å². The molecule has 0 fully saturated rings. The molecule has 5 nitrogen and oxygen atoms in total. The number of esters is 1. The van der Waals surface area contributed by atoms with Gasteiger partial charge in [0.05, 0.1) is 13.7 Å². The number of unbranched alkanes of at least 4 members (excludes halogenated alkanes) is 3. The lowest BCUT2D eigenvalue weighted by Gasteiger charge is -2.29. The van der Waals surface area contributed by atoms with E-state index in [0.717, 1.165) is 19.3 Å². The molecule has 0 aromatic heterocycles. The lowest BCUT2D eigenvalue weighted by Crippen LogP contribution is -2.53. The molecule has 1 aromatic carbocycles. The molecule has 0 heterocycles. The normalized spacial score (nSPS) is 12.9. The highest BCUT2D eigenvalue weighted by molar-refractivity contribution is 6.12. The highest BCUT2D eigenvalue weighted by Crippen LogP contribution is 2.25. The molecule has 0 aliphatic rings. The molecular weight excluding hydrogens is 306 g/mol. The van der Waals surface area contributed by atoms with Crippen LogP contribution in [0.15, 0.2) is 43.0 Å². The molecule has 1 rings (SSSR count). The van der Waals surface area contributed by atoms with Crippen LogP contribution in [-0.2, 0) is 19.1 Å². The van der Waals surface area contributed by atoms with Crippen molar-refractivity contribution in [1.29, 1.82) is 0 Å². The predicted molar refractivity (Wildman–Crippen MR) is 94.7 cm³/mol. The molecule has 0 aliphatic carbocycles. The lowest BCUT2D eigenvalue weighted by molar-refractivity contribution is -0.174. The van der Waals surface area contributed by atoms with Gasteiger partial charge in [-0.1, -0.05) is 50.5 Å². The smallest absolute Gasteiger partial charge is 0.348 e. The molecule has 0 bridgehead atoms. The zero-order valence-electron chi connectivity index (χ0n) is 14.5. The number of amides is 1. The average molecular weight is 333 g/mol. The summed E-state index contributed by atoms with van der Waals surface area (Å²) in [6.45, 7) is 5.78. The first kappa shape index (κ1) is 19.9. The zero-order valence-corrected chi connectivity index (χ0v) is 14.5. The Morgan fingerprint density at radius 1 is 1.21 bits per heavy atom. The standard InChI is InChI=1S/C19H27NO4/c1-4-6-7-11-14-19(18(22)23-3,24-15-5-2)17(21)20-16-12-9-8-10-13-16/h5,8-10,12-13H,2,4,6-7,11,14-15H2,1,3H3,(H,20,21)/t19-/m0/s1. The lowest BCUT2D eigenvalue weighted by atomic mass is 9.94. The fraction of sp³-hybridized carbons (Fsp3) is 0.474. The molecule has 0 radical (unpaired) electrons. The van der Waals surface area contributed by atoms with Gasteiger partial charge < -0.3 is 14.8 Å². The Labute approximate surface area is 144 Å². The molecular formula is C19H27NO4. The van der Waals surface area contributed by atoms with Crippen molar-refractivity contribution in [3.05, 3.63) is 43.0 Å². The third-order valence-corrected chi connectivity index (χ3v) is 3.74. The fourth-order valence-electron chi connectivity index (χ4n) is 2.43. The van der Waals surface area contributed by atoms with E-state index in [4.69, 9.17) is 9.47 Å². The summed E-state index contributed by atoms with van der Waals surface area (Å²) >= 11 is 0. The van der Waals surface area contributed by atoms with E-state index in [-0.39, 0.29) is 13.0 Å². The maximum absolute atomic E-state index is 12.8. The van der Waals surface area contributed by atoms with Crippen LogP contribution in [0, 0.1) is 0 Å². The van der Waals surface area contributed by atoms with E-state index >= 15 is 0 Å². The third-order valence-electron chi connectivity index (χ3n) is 3.74. The molecule has 1 aromatic rings. The number of benzene rings is 1. The molecule has 1 atom stereocenters. The van der Waals surface area contributed by atoms with Gasteiger partial charge >= 0.3 is 5.97 Å². The molecule has 0 saturated carbocycles. The van der Waals surface area contributed by atoms with Crippen molar-refractivity contribution in [3.8, 4) is 0 Å². The van der Waals surface area contributed by atoms with E-state index in [1.807, 2.05) is 6.07 Å². The molecule has 5 heteroatoms. The van der Waals surface area contributed by atoms with Crippen LogP contribution >= 0.6 is 0 Å². The van der Waals surface area contributed by atoms with E-state index in [2.05, 4.69) is 18.8 Å². The quantitative estimate of drug-likeness (QED) is 0.290. The first-order valence-electron chi connectivity index (χ1n) is 8.30. The largest absolute Gasteiger partial charge is 0.466 e. The minimum atomic E-state index is -1.66. The van der Waals surface area contributed by atoms with Crippen molar-refractivity contribution in [1.82, 2.24) is 0 Å². The first-order valence-corrected chi connectivity index (χ1v) is 8.30. The van der Waals surface area contributed by atoms with Crippen LogP contribution in [0.3, 0.4) is 0 Å². The van der Waals surface area contributed by atoms with E-state index in [1.54, 1.807) is 24.3 Å². The number of hydrogen-bond acceptors (Lipinski definition) is 4. The maximum atomic E-state index is 12.8. The second-order valence-electron chi connectivity index (χ2n) is 5.55. The van der Waals surface area contributed by atoms with Crippen molar-refractivity contribution < 1.29 is 19.1 Å². The Balaban J connectivity index is 2.99. The summed E-state index contributed by atoms with van der Waals surface area (Å²) in [5.74, 6) is -1.20. The summed E-state index contributed by atoms with van der Waals surface area (Å²) in [7, 11) is 1.26. The maximum Gasteiger partial charge on any atom is 0.348 e. The van der Waals surface area contributed by atoms with Gasteiger partial charge in [-0.15, -0.1) is 6.58 Å². The summed E-state index contributed by atoms with van der Waals surface area (Å²) in [4.78, 5) is 25.2. The minimum absolute atomic E-state index is 0.0884. The second kappa shape index (κ2) is 10.6. The van der Waals surface area contributed by atoms with Crippen LogP contribution in [0.2, 0.25) is 0 Å². The summed E-state index contributed by atoms with van der Waals surface area (Å²) in [5, 5.41) is 2.75.